The van der Waals surface area contributed by atoms with Crippen LogP contribution in [0.25, 0.3) is 0 Å². The third kappa shape index (κ3) is 7.36. The maximum absolute atomic E-state index is 5.49. The van der Waals surface area contributed by atoms with E-state index in [9.17, 15) is 0 Å². The van der Waals surface area contributed by atoms with Gasteiger partial charge in [0.2, 0.25) is 0 Å². The summed E-state index contributed by atoms with van der Waals surface area (Å²) in [6.45, 7) is 7.82. The number of hydrogen-bond acceptors (Lipinski definition) is 4. The minimum absolute atomic E-state index is 0. The van der Waals surface area contributed by atoms with Gasteiger partial charge < -0.3 is 25.0 Å². The number of aliphatic imine (C=N–C) groups is 1. The van der Waals surface area contributed by atoms with Crippen molar-refractivity contribution in [2.24, 2.45) is 4.99 Å². The van der Waals surface area contributed by atoms with E-state index in [1.807, 2.05) is 12.1 Å². The molecule has 0 amide bonds. The van der Waals surface area contributed by atoms with E-state index in [4.69, 9.17) is 14.5 Å². The van der Waals surface area contributed by atoms with Crippen LogP contribution < -0.4 is 20.3 Å². The van der Waals surface area contributed by atoms with Gasteiger partial charge in [-0.2, -0.15) is 0 Å². The predicted octanol–water partition coefficient (Wildman–Crippen LogP) is 3.45. The van der Waals surface area contributed by atoms with Crippen LogP contribution in [0.4, 0.5) is 5.69 Å². The minimum Gasteiger partial charge on any atom is -0.497 e. The topological polar surface area (TPSA) is 58.1 Å². The molecule has 3 rings (SSSR count). The SMILES string of the molecule is CCNC(=NCc1ccccc1N1CCOCC1)NCCc1ccc(OC)cc1.I. The fourth-order valence-electron chi connectivity index (χ4n) is 3.38. The second-order valence-electron chi connectivity index (χ2n) is 6.95. The van der Waals surface area contributed by atoms with Gasteiger partial charge in [0, 0.05) is 31.9 Å². The molecule has 1 aliphatic heterocycles. The zero-order valence-corrected chi connectivity index (χ0v) is 20.2. The summed E-state index contributed by atoms with van der Waals surface area (Å²) in [7, 11) is 1.69. The molecule has 1 heterocycles. The highest BCUT2D eigenvalue weighted by molar-refractivity contribution is 14.0. The van der Waals surface area contributed by atoms with E-state index >= 15 is 0 Å². The molecule has 0 spiro atoms. The lowest BCUT2D eigenvalue weighted by Crippen LogP contribution is -2.38. The van der Waals surface area contributed by atoms with E-state index in [0.29, 0.717) is 6.54 Å². The second-order valence-corrected chi connectivity index (χ2v) is 6.95. The number of rotatable bonds is 8. The van der Waals surface area contributed by atoms with Crippen molar-refractivity contribution in [1.29, 1.82) is 0 Å². The molecule has 2 N–H and O–H groups in total. The van der Waals surface area contributed by atoms with E-state index in [0.717, 1.165) is 57.5 Å². The van der Waals surface area contributed by atoms with Gasteiger partial charge in [0.1, 0.15) is 5.75 Å². The first-order valence-corrected chi connectivity index (χ1v) is 10.4. The lowest BCUT2D eigenvalue weighted by Gasteiger charge is -2.30. The number of para-hydroxylation sites is 1. The van der Waals surface area contributed by atoms with Crippen LogP contribution in [0.3, 0.4) is 0 Å². The standard InChI is InChI=1S/C23H32N4O2.HI/c1-3-24-23(25-13-12-19-8-10-21(28-2)11-9-19)26-18-20-6-4-5-7-22(20)27-14-16-29-17-15-27;/h4-11H,3,12-18H2,1-2H3,(H2,24,25,26);1H. The summed E-state index contributed by atoms with van der Waals surface area (Å²) >= 11 is 0. The monoisotopic (exact) mass is 524 g/mol. The molecule has 0 aromatic heterocycles. The molecule has 7 heteroatoms. The van der Waals surface area contributed by atoms with Gasteiger partial charge in [-0.1, -0.05) is 30.3 Å². The number of anilines is 1. The Labute approximate surface area is 197 Å². The first-order valence-electron chi connectivity index (χ1n) is 10.4. The number of guanidine groups is 1. The average Bonchev–Trinajstić information content (AvgIpc) is 2.79. The molecule has 0 radical (unpaired) electrons. The van der Waals surface area contributed by atoms with Crippen LogP contribution in [-0.2, 0) is 17.7 Å². The number of nitrogens with zero attached hydrogens (tertiary/aromatic N) is 2. The molecule has 2 aromatic rings. The van der Waals surface area contributed by atoms with E-state index in [-0.39, 0.29) is 24.0 Å². The summed E-state index contributed by atoms with van der Waals surface area (Å²) in [6.07, 6.45) is 0.929. The van der Waals surface area contributed by atoms with Gasteiger partial charge in [-0.05, 0) is 42.7 Å². The minimum atomic E-state index is 0. The largest absolute Gasteiger partial charge is 0.497 e. The maximum Gasteiger partial charge on any atom is 0.191 e. The zero-order valence-electron chi connectivity index (χ0n) is 17.9. The Morgan fingerprint density at radius 2 is 1.80 bits per heavy atom. The van der Waals surface area contributed by atoms with E-state index in [2.05, 4.69) is 58.9 Å². The summed E-state index contributed by atoms with van der Waals surface area (Å²) in [6, 6.07) is 16.7. The molecule has 164 valence electrons. The van der Waals surface area contributed by atoms with Crippen LogP contribution in [0.1, 0.15) is 18.1 Å². The fraction of sp³-hybridized carbons (Fsp3) is 0.435. The van der Waals surface area contributed by atoms with Crippen LogP contribution in [-0.4, -0.2) is 52.5 Å². The third-order valence-electron chi connectivity index (χ3n) is 4.96. The van der Waals surface area contributed by atoms with Crippen molar-refractivity contribution in [2.45, 2.75) is 19.9 Å². The van der Waals surface area contributed by atoms with Gasteiger partial charge in [0.25, 0.3) is 0 Å². The molecule has 2 aromatic carbocycles. The molecular formula is C23H33IN4O2. The van der Waals surface area contributed by atoms with Crippen molar-refractivity contribution >= 4 is 35.6 Å². The lowest BCUT2D eigenvalue weighted by molar-refractivity contribution is 0.122. The molecule has 6 nitrogen and oxygen atoms in total. The van der Waals surface area contributed by atoms with Crippen LogP contribution in [0.2, 0.25) is 0 Å². The summed E-state index contributed by atoms with van der Waals surface area (Å²) in [5.41, 5.74) is 3.77. The van der Waals surface area contributed by atoms with Crippen molar-refractivity contribution in [3.63, 3.8) is 0 Å². The number of halogens is 1. The molecule has 0 aliphatic carbocycles. The second kappa shape index (κ2) is 13.3. The van der Waals surface area contributed by atoms with Gasteiger partial charge >= 0.3 is 0 Å². The Morgan fingerprint density at radius 1 is 1.07 bits per heavy atom. The van der Waals surface area contributed by atoms with E-state index in [1.165, 1.54) is 16.8 Å². The number of benzene rings is 2. The summed E-state index contributed by atoms with van der Waals surface area (Å²) < 4.78 is 10.7. The summed E-state index contributed by atoms with van der Waals surface area (Å²) in [5, 5.41) is 6.78. The fourth-order valence-corrected chi connectivity index (χ4v) is 3.38. The Hall–Kier alpha value is -2.00. The van der Waals surface area contributed by atoms with Gasteiger partial charge in [-0.25, -0.2) is 4.99 Å². The maximum atomic E-state index is 5.49. The van der Waals surface area contributed by atoms with Crippen molar-refractivity contribution in [3.05, 3.63) is 59.7 Å². The van der Waals surface area contributed by atoms with Crippen molar-refractivity contribution in [3.8, 4) is 5.75 Å². The van der Waals surface area contributed by atoms with E-state index < -0.39 is 0 Å². The first-order chi connectivity index (χ1) is 14.3. The average molecular weight is 524 g/mol. The van der Waals surface area contributed by atoms with Gasteiger partial charge in [0.05, 0.1) is 26.9 Å². The van der Waals surface area contributed by atoms with Crippen molar-refractivity contribution in [1.82, 2.24) is 10.6 Å². The van der Waals surface area contributed by atoms with Crippen LogP contribution in [0.5, 0.6) is 5.75 Å². The number of methoxy groups -OCH3 is 1. The molecule has 0 bridgehead atoms. The molecule has 1 fully saturated rings. The zero-order chi connectivity index (χ0) is 20.3. The molecule has 30 heavy (non-hydrogen) atoms. The smallest absolute Gasteiger partial charge is 0.191 e. The Kier molecular flexibility index (Phi) is 10.8. The number of hydrogen-bond donors (Lipinski definition) is 2. The van der Waals surface area contributed by atoms with Crippen molar-refractivity contribution in [2.75, 3.05) is 51.4 Å². The Morgan fingerprint density at radius 3 is 2.50 bits per heavy atom. The highest BCUT2D eigenvalue weighted by Gasteiger charge is 2.14. The number of ether oxygens (including phenoxy) is 2. The number of nitrogens with one attached hydrogen (secondary N) is 2. The molecule has 0 atom stereocenters. The van der Waals surface area contributed by atoms with Gasteiger partial charge in [-0.3, -0.25) is 0 Å². The highest BCUT2D eigenvalue weighted by Crippen LogP contribution is 2.22. The molecular weight excluding hydrogens is 491 g/mol. The van der Waals surface area contributed by atoms with Crippen LogP contribution >= 0.6 is 24.0 Å². The summed E-state index contributed by atoms with van der Waals surface area (Å²) in [4.78, 5) is 7.20. The molecule has 0 saturated carbocycles. The first kappa shape index (κ1) is 24.3. The van der Waals surface area contributed by atoms with Crippen LogP contribution in [0.15, 0.2) is 53.5 Å². The highest BCUT2D eigenvalue weighted by atomic mass is 127. The normalized spacial score (nSPS) is 14.1. The third-order valence-corrected chi connectivity index (χ3v) is 4.96. The molecule has 1 aliphatic rings. The quantitative estimate of drug-likeness (QED) is 0.315. The van der Waals surface area contributed by atoms with Crippen molar-refractivity contribution < 1.29 is 9.47 Å². The predicted molar refractivity (Wildman–Crippen MR) is 134 cm³/mol. The summed E-state index contributed by atoms with van der Waals surface area (Å²) in [5.74, 6) is 1.73. The van der Waals surface area contributed by atoms with Gasteiger partial charge in [0.15, 0.2) is 5.96 Å². The number of morpholine rings is 1. The lowest BCUT2D eigenvalue weighted by atomic mass is 10.1. The van der Waals surface area contributed by atoms with Crippen LogP contribution in [0, 0.1) is 0 Å². The van der Waals surface area contributed by atoms with Gasteiger partial charge in [-0.15, -0.1) is 24.0 Å². The van der Waals surface area contributed by atoms with E-state index in [1.54, 1.807) is 7.11 Å². The Bertz CT molecular complexity index is 777. The molecule has 0 unspecified atom stereocenters. The molecule has 1 saturated heterocycles. The Balaban J connectivity index is 0.00000320.